The number of piperazine rings is 1. The largest absolute Gasteiger partial charge is 0.338 e. The Hall–Kier alpha value is -3.22. The van der Waals surface area contributed by atoms with Crippen LogP contribution in [0.2, 0.25) is 5.02 Å². The number of pyridine rings is 1. The number of benzene rings is 2. The van der Waals surface area contributed by atoms with Crippen molar-refractivity contribution >= 4 is 28.5 Å². The van der Waals surface area contributed by atoms with Gasteiger partial charge in [-0.2, -0.15) is 0 Å². The number of H-pyrrole nitrogens is 1. The van der Waals surface area contributed by atoms with E-state index in [-0.39, 0.29) is 5.56 Å². The molecule has 31 heavy (non-hydrogen) atoms. The van der Waals surface area contributed by atoms with Gasteiger partial charge in [-0.1, -0.05) is 41.9 Å². The maximum Gasteiger partial charge on any atom is 0.252 e. The lowest BCUT2D eigenvalue weighted by Crippen LogP contribution is -2.47. The van der Waals surface area contributed by atoms with E-state index in [2.05, 4.69) is 19.8 Å². The molecule has 0 radical (unpaired) electrons. The first-order valence-corrected chi connectivity index (χ1v) is 10.7. The number of rotatable bonds is 4. The molecular weight excluding hydrogens is 410 g/mol. The first-order chi connectivity index (χ1) is 15.2. The van der Waals surface area contributed by atoms with Crippen molar-refractivity contribution in [1.29, 1.82) is 0 Å². The first-order valence-electron chi connectivity index (χ1n) is 10.3. The molecule has 2 aromatic carbocycles. The molecule has 4 aromatic rings. The fourth-order valence-electron chi connectivity index (χ4n) is 3.94. The van der Waals surface area contributed by atoms with Gasteiger partial charge in [-0.05, 0) is 35.7 Å². The molecule has 1 aliphatic rings. The van der Waals surface area contributed by atoms with E-state index in [9.17, 15) is 4.79 Å². The van der Waals surface area contributed by atoms with Crippen molar-refractivity contribution in [3.63, 3.8) is 0 Å². The number of nitrogens with one attached hydrogen (secondary N) is 1. The predicted octanol–water partition coefficient (Wildman–Crippen LogP) is 3.96. The lowest BCUT2D eigenvalue weighted by Gasteiger charge is -2.34. The Kier molecular flexibility index (Phi) is 5.40. The second-order valence-corrected chi connectivity index (χ2v) is 8.16. The third-order valence-corrected chi connectivity index (χ3v) is 5.91. The van der Waals surface area contributed by atoms with E-state index in [0.717, 1.165) is 59.9 Å². The summed E-state index contributed by atoms with van der Waals surface area (Å²) in [5.41, 5.74) is 3.56. The topological polar surface area (TPSA) is 65.1 Å². The number of anilines is 1. The monoisotopic (exact) mass is 431 g/mol. The van der Waals surface area contributed by atoms with Crippen molar-refractivity contribution in [1.82, 2.24) is 19.9 Å². The predicted molar refractivity (Wildman–Crippen MR) is 125 cm³/mol. The third-order valence-electron chi connectivity index (χ3n) is 5.66. The smallest absolute Gasteiger partial charge is 0.252 e. The Bertz CT molecular complexity index is 1260. The minimum Gasteiger partial charge on any atom is -0.338 e. The number of aromatic nitrogens is 3. The van der Waals surface area contributed by atoms with E-state index >= 15 is 0 Å². The Morgan fingerprint density at radius 2 is 1.74 bits per heavy atom. The zero-order valence-electron chi connectivity index (χ0n) is 17.0. The molecule has 1 aliphatic heterocycles. The number of fused-ring (bicyclic) bond motifs is 1. The van der Waals surface area contributed by atoms with Gasteiger partial charge < -0.3 is 9.88 Å². The quantitative estimate of drug-likeness (QED) is 0.529. The highest BCUT2D eigenvalue weighted by Gasteiger charge is 2.20. The molecule has 0 aliphatic carbocycles. The number of para-hydroxylation sites is 1. The van der Waals surface area contributed by atoms with Crippen molar-refractivity contribution < 1.29 is 0 Å². The van der Waals surface area contributed by atoms with Crippen molar-refractivity contribution in [3.8, 4) is 11.3 Å². The van der Waals surface area contributed by atoms with Gasteiger partial charge in [0.05, 0.1) is 5.69 Å². The zero-order valence-corrected chi connectivity index (χ0v) is 17.7. The van der Waals surface area contributed by atoms with Gasteiger partial charge in [0.15, 0.2) is 0 Å². The highest BCUT2D eigenvalue weighted by Crippen LogP contribution is 2.22. The first kappa shape index (κ1) is 19.7. The SMILES string of the molecule is O=c1[nH]c2ccccc2cc1CN1CCN(c2nccc(-c3ccc(Cl)cc3)n2)CC1. The van der Waals surface area contributed by atoms with Crippen LogP contribution in [0.5, 0.6) is 0 Å². The summed E-state index contributed by atoms with van der Waals surface area (Å²) in [6.45, 7) is 3.96. The van der Waals surface area contributed by atoms with E-state index < -0.39 is 0 Å². The summed E-state index contributed by atoms with van der Waals surface area (Å²) in [5.74, 6) is 0.732. The number of halogens is 1. The normalized spacial score (nSPS) is 14.8. The van der Waals surface area contributed by atoms with Crippen LogP contribution in [0, 0.1) is 0 Å². The van der Waals surface area contributed by atoms with Crippen LogP contribution < -0.4 is 10.5 Å². The molecule has 6 nitrogen and oxygen atoms in total. The third kappa shape index (κ3) is 4.31. The van der Waals surface area contributed by atoms with Crippen molar-refractivity contribution in [2.45, 2.75) is 6.54 Å². The molecule has 0 saturated carbocycles. The van der Waals surface area contributed by atoms with Crippen LogP contribution in [0.15, 0.2) is 71.7 Å². The summed E-state index contributed by atoms with van der Waals surface area (Å²) in [6, 6.07) is 19.4. The lowest BCUT2D eigenvalue weighted by atomic mass is 10.1. The Morgan fingerprint density at radius 3 is 2.55 bits per heavy atom. The van der Waals surface area contributed by atoms with Crippen LogP contribution in [0.25, 0.3) is 22.2 Å². The minimum atomic E-state index is -0.0138. The molecule has 0 spiro atoms. The second kappa shape index (κ2) is 8.49. The molecule has 2 aromatic heterocycles. The summed E-state index contributed by atoms with van der Waals surface area (Å²) in [4.78, 5) is 29.2. The Morgan fingerprint density at radius 1 is 0.968 bits per heavy atom. The van der Waals surface area contributed by atoms with Gasteiger partial charge in [0.25, 0.3) is 5.56 Å². The van der Waals surface area contributed by atoms with Gasteiger partial charge in [-0.25, -0.2) is 9.97 Å². The maximum atomic E-state index is 12.5. The average Bonchev–Trinajstić information content (AvgIpc) is 2.81. The van der Waals surface area contributed by atoms with Crippen LogP contribution in [-0.4, -0.2) is 46.0 Å². The second-order valence-electron chi connectivity index (χ2n) is 7.72. The molecule has 156 valence electrons. The summed E-state index contributed by atoms with van der Waals surface area (Å²) in [5, 5.41) is 1.77. The lowest BCUT2D eigenvalue weighted by molar-refractivity contribution is 0.248. The van der Waals surface area contributed by atoms with Crippen molar-refractivity contribution in [2.24, 2.45) is 0 Å². The summed E-state index contributed by atoms with van der Waals surface area (Å²) in [7, 11) is 0. The molecule has 0 amide bonds. The molecule has 0 atom stereocenters. The number of aromatic amines is 1. The van der Waals surface area contributed by atoms with Crippen molar-refractivity contribution in [2.75, 3.05) is 31.1 Å². The summed E-state index contributed by atoms with van der Waals surface area (Å²) < 4.78 is 0. The number of nitrogens with zero attached hydrogens (tertiary/aromatic N) is 4. The van der Waals surface area contributed by atoms with Gasteiger partial charge in [0, 0.05) is 60.6 Å². The summed E-state index contributed by atoms with van der Waals surface area (Å²) in [6.07, 6.45) is 1.80. The molecule has 5 rings (SSSR count). The van der Waals surface area contributed by atoms with Crippen LogP contribution in [0.4, 0.5) is 5.95 Å². The molecule has 1 fully saturated rings. The van der Waals surface area contributed by atoms with Crippen LogP contribution in [0.1, 0.15) is 5.56 Å². The Labute approximate surface area is 185 Å². The molecule has 0 bridgehead atoms. The summed E-state index contributed by atoms with van der Waals surface area (Å²) >= 11 is 6.00. The van der Waals surface area contributed by atoms with Gasteiger partial charge in [0.1, 0.15) is 0 Å². The maximum absolute atomic E-state index is 12.5. The van der Waals surface area contributed by atoms with Crippen molar-refractivity contribution in [3.05, 3.63) is 87.8 Å². The van der Waals surface area contributed by atoms with E-state index in [1.54, 1.807) is 6.20 Å². The van der Waals surface area contributed by atoms with E-state index in [1.165, 1.54) is 0 Å². The molecule has 0 unspecified atom stereocenters. The van der Waals surface area contributed by atoms with Gasteiger partial charge >= 0.3 is 0 Å². The highest BCUT2D eigenvalue weighted by molar-refractivity contribution is 6.30. The molecule has 7 heteroatoms. The van der Waals surface area contributed by atoms with Crippen LogP contribution >= 0.6 is 11.6 Å². The van der Waals surface area contributed by atoms with E-state index in [1.807, 2.05) is 60.7 Å². The van der Waals surface area contributed by atoms with Gasteiger partial charge in [-0.15, -0.1) is 0 Å². The highest BCUT2D eigenvalue weighted by atomic mass is 35.5. The standard InChI is InChI=1S/C24H22ClN5O/c25-20-7-5-17(6-8-20)22-9-10-26-24(28-22)30-13-11-29(12-14-30)16-19-15-18-3-1-2-4-21(18)27-23(19)31/h1-10,15H,11-14,16H2,(H,27,31). The van der Waals surface area contributed by atoms with E-state index in [0.29, 0.717) is 11.6 Å². The molecule has 1 saturated heterocycles. The zero-order chi connectivity index (χ0) is 21.2. The van der Waals surface area contributed by atoms with Gasteiger partial charge in [0.2, 0.25) is 5.95 Å². The number of hydrogen-bond donors (Lipinski definition) is 1. The molecule has 3 heterocycles. The fraction of sp³-hybridized carbons (Fsp3) is 0.208. The van der Waals surface area contributed by atoms with E-state index in [4.69, 9.17) is 16.6 Å². The van der Waals surface area contributed by atoms with Crippen LogP contribution in [0.3, 0.4) is 0 Å². The average molecular weight is 432 g/mol. The molecular formula is C24H22ClN5O. The molecule has 1 N–H and O–H groups in total. The Balaban J connectivity index is 1.27. The van der Waals surface area contributed by atoms with Gasteiger partial charge in [-0.3, -0.25) is 9.69 Å². The fourth-order valence-corrected chi connectivity index (χ4v) is 4.07. The number of hydrogen-bond acceptors (Lipinski definition) is 5. The van der Waals surface area contributed by atoms with Crippen LogP contribution in [-0.2, 0) is 6.54 Å². The minimum absolute atomic E-state index is 0.0138.